The quantitative estimate of drug-likeness (QED) is 0.370. The van der Waals surface area contributed by atoms with Crippen LogP contribution in [0.25, 0.3) is 0 Å². The van der Waals surface area contributed by atoms with Crippen LogP contribution in [0.2, 0.25) is 0 Å². The van der Waals surface area contributed by atoms with E-state index in [9.17, 15) is 5.21 Å². The molecule has 0 aliphatic heterocycles. The smallest absolute Gasteiger partial charge is 0.0833 e. The first kappa shape index (κ1) is 21.4. The second kappa shape index (κ2) is 8.04. The van der Waals surface area contributed by atoms with E-state index >= 15 is 0 Å². The highest BCUT2D eigenvalue weighted by molar-refractivity contribution is 6.02. The summed E-state index contributed by atoms with van der Waals surface area (Å²) in [6.07, 6.45) is 17.0. The number of allylic oxidation sites excluding steroid dienone is 2. The maximum atomic E-state index is 9.87. The molecular weight excluding hydrogens is 354 g/mol. The summed E-state index contributed by atoms with van der Waals surface area (Å²) in [6, 6.07) is 0. The normalized spacial score (nSPS) is 44.2. The van der Waals surface area contributed by atoms with Crippen LogP contribution < -0.4 is 0 Å². The largest absolute Gasteiger partial charge is 0.411 e. The Labute approximate surface area is 179 Å². The molecule has 7 atom stereocenters. The predicted molar refractivity (Wildman–Crippen MR) is 122 cm³/mol. The van der Waals surface area contributed by atoms with E-state index in [2.05, 4.69) is 45.9 Å². The second-order valence-electron chi connectivity index (χ2n) is 12.1. The van der Waals surface area contributed by atoms with Gasteiger partial charge in [0.05, 0.1) is 5.71 Å². The maximum absolute atomic E-state index is 9.87. The van der Waals surface area contributed by atoms with Crippen LogP contribution in [0.15, 0.2) is 16.8 Å². The Morgan fingerprint density at radius 3 is 2.59 bits per heavy atom. The standard InChI is InChI=1S/C27H45NO/c1-18(2)9-8-10-19(3)21-12-13-22-20-17-25(28-29)24-11-6-7-15-26(24,4)23(20)14-16-27(21,22)5/h11,18-23,29H,6-10,12-17H2,1-5H3/b28-25+/t19-,20+,21-,22+,23+,26-,27-/m1/s1. The van der Waals surface area contributed by atoms with Crippen molar-refractivity contribution in [1.82, 2.24) is 0 Å². The molecule has 0 aromatic heterocycles. The monoisotopic (exact) mass is 399 g/mol. The molecule has 0 aromatic rings. The number of oxime groups is 1. The number of fused-ring (bicyclic) bond motifs is 5. The van der Waals surface area contributed by atoms with Gasteiger partial charge in [0.2, 0.25) is 0 Å². The molecule has 4 aliphatic carbocycles. The fourth-order valence-corrected chi connectivity index (χ4v) is 8.73. The Hall–Kier alpha value is -0.790. The third kappa shape index (κ3) is 3.51. The molecule has 0 radical (unpaired) electrons. The highest BCUT2D eigenvalue weighted by Gasteiger charge is 2.60. The highest BCUT2D eigenvalue weighted by atomic mass is 16.4. The van der Waals surface area contributed by atoms with Gasteiger partial charge >= 0.3 is 0 Å². The molecule has 3 saturated carbocycles. The lowest BCUT2D eigenvalue weighted by Crippen LogP contribution is -2.52. The summed E-state index contributed by atoms with van der Waals surface area (Å²) in [6.45, 7) is 12.4. The van der Waals surface area contributed by atoms with Gasteiger partial charge in [-0.2, -0.15) is 0 Å². The average Bonchev–Trinajstić information content (AvgIpc) is 3.04. The van der Waals surface area contributed by atoms with Crippen molar-refractivity contribution >= 4 is 5.71 Å². The van der Waals surface area contributed by atoms with E-state index in [1.165, 1.54) is 69.8 Å². The molecule has 0 unspecified atom stereocenters. The van der Waals surface area contributed by atoms with Crippen LogP contribution in [0.4, 0.5) is 0 Å². The van der Waals surface area contributed by atoms with Gasteiger partial charge in [-0.3, -0.25) is 0 Å². The van der Waals surface area contributed by atoms with Crippen LogP contribution in [-0.4, -0.2) is 10.9 Å². The summed E-state index contributed by atoms with van der Waals surface area (Å²) < 4.78 is 0. The molecule has 4 aliphatic rings. The summed E-state index contributed by atoms with van der Waals surface area (Å²) in [5.41, 5.74) is 3.20. The average molecular weight is 400 g/mol. The topological polar surface area (TPSA) is 32.6 Å². The Bertz CT molecular complexity index is 663. The zero-order valence-electron chi connectivity index (χ0n) is 19.7. The summed E-state index contributed by atoms with van der Waals surface area (Å²) in [7, 11) is 0. The van der Waals surface area contributed by atoms with E-state index in [-0.39, 0.29) is 5.41 Å². The third-order valence-electron chi connectivity index (χ3n) is 10.2. The van der Waals surface area contributed by atoms with E-state index in [1.54, 1.807) is 0 Å². The van der Waals surface area contributed by atoms with Gasteiger partial charge in [-0.05, 0) is 103 Å². The van der Waals surface area contributed by atoms with Crippen molar-refractivity contribution in [1.29, 1.82) is 0 Å². The van der Waals surface area contributed by atoms with Crippen molar-refractivity contribution in [2.24, 2.45) is 51.5 Å². The SMILES string of the molecule is CC(C)CCC[C@@H](C)[C@H]1CC[C@H]2[C@@H]3C/C(=N\O)C4=CCCC[C@]4(C)[C@H]3CC[C@]12C. The molecule has 0 amide bonds. The van der Waals surface area contributed by atoms with Gasteiger partial charge in [0.25, 0.3) is 0 Å². The summed E-state index contributed by atoms with van der Waals surface area (Å²) >= 11 is 0. The van der Waals surface area contributed by atoms with E-state index in [0.29, 0.717) is 5.41 Å². The number of rotatable bonds is 5. The van der Waals surface area contributed by atoms with E-state index in [1.807, 2.05) is 0 Å². The Morgan fingerprint density at radius 1 is 1.07 bits per heavy atom. The van der Waals surface area contributed by atoms with Crippen LogP contribution in [0.1, 0.15) is 105 Å². The molecule has 3 fully saturated rings. The zero-order valence-corrected chi connectivity index (χ0v) is 19.7. The molecule has 0 spiro atoms. The summed E-state index contributed by atoms with van der Waals surface area (Å²) in [4.78, 5) is 0. The third-order valence-corrected chi connectivity index (χ3v) is 10.2. The molecule has 0 aromatic carbocycles. The number of nitrogens with zero attached hydrogens (tertiary/aromatic N) is 1. The first-order valence-corrected chi connectivity index (χ1v) is 12.7. The molecule has 29 heavy (non-hydrogen) atoms. The molecule has 0 heterocycles. The molecule has 164 valence electrons. The fraction of sp³-hybridized carbons (Fsp3) is 0.889. The van der Waals surface area contributed by atoms with Crippen molar-refractivity contribution in [3.63, 3.8) is 0 Å². The summed E-state index contributed by atoms with van der Waals surface area (Å²) in [5.74, 6) is 4.94. The van der Waals surface area contributed by atoms with Crippen LogP contribution in [0.3, 0.4) is 0 Å². The Morgan fingerprint density at radius 2 is 1.86 bits per heavy atom. The van der Waals surface area contributed by atoms with E-state index < -0.39 is 0 Å². The lowest BCUT2D eigenvalue weighted by Gasteiger charge is -2.58. The molecule has 2 heteroatoms. The second-order valence-corrected chi connectivity index (χ2v) is 12.1. The van der Waals surface area contributed by atoms with Gasteiger partial charge in [0.15, 0.2) is 0 Å². The van der Waals surface area contributed by atoms with Crippen LogP contribution in [-0.2, 0) is 0 Å². The van der Waals surface area contributed by atoms with Crippen molar-refractivity contribution < 1.29 is 5.21 Å². The molecular formula is C27H45NO. The minimum absolute atomic E-state index is 0.255. The minimum Gasteiger partial charge on any atom is -0.411 e. The van der Waals surface area contributed by atoms with E-state index in [4.69, 9.17) is 0 Å². The molecule has 0 bridgehead atoms. The first-order valence-electron chi connectivity index (χ1n) is 12.7. The molecule has 0 saturated heterocycles. The lowest BCUT2D eigenvalue weighted by molar-refractivity contribution is -0.0442. The number of hydrogen-bond acceptors (Lipinski definition) is 2. The number of hydrogen-bond donors (Lipinski definition) is 1. The van der Waals surface area contributed by atoms with Crippen molar-refractivity contribution in [2.75, 3.05) is 0 Å². The molecule has 2 nitrogen and oxygen atoms in total. The Kier molecular flexibility index (Phi) is 5.95. The predicted octanol–water partition coefficient (Wildman–Crippen LogP) is 7.86. The van der Waals surface area contributed by atoms with Crippen LogP contribution in [0, 0.1) is 46.3 Å². The summed E-state index contributed by atoms with van der Waals surface area (Å²) in [5, 5.41) is 13.7. The fourth-order valence-electron chi connectivity index (χ4n) is 8.73. The minimum atomic E-state index is 0.255. The zero-order chi connectivity index (χ0) is 20.8. The van der Waals surface area contributed by atoms with Gasteiger partial charge in [0.1, 0.15) is 0 Å². The van der Waals surface area contributed by atoms with Crippen LogP contribution in [0.5, 0.6) is 0 Å². The van der Waals surface area contributed by atoms with Gasteiger partial charge < -0.3 is 5.21 Å². The van der Waals surface area contributed by atoms with Crippen molar-refractivity contribution in [3.8, 4) is 0 Å². The van der Waals surface area contributed by atoms with Gasteiger partial charge in [-0.25, -0.2) is 0 Å². The van der Waals surface area contributed by atoms with Gasteiger partial charge in [-0.15, -0.1) is 0 Å². The molecule has 4 rings (SSSR count). The van der Waals surface area contributed by atoms with Gasteiger partial charge in [0, 0.05) is 0 Å². The van der Waals surface area contributed by atoms with Gasteiger partial charge in [-0.1, -0.05) is 65.1 Å². The first-order chi connectivity index (χ1) is 13.8. The van der Waals surface area contributed by atoms with E-state index in [0.717, 1.165) is 47.6 Å². The maximum Gasteiger partial charge on any atom is 0.0833 e. The van der Waals surface area contributed by atoms with Crippen LogP contribution >= 0.6 is 0 Å². The molecule has 1 N–H and O–H groups in total. The van der Waals surface area contributed by atoms with Crippen molar-refractivity contribution in [2.45, 2.75) is 105 Å². The lowest BCUT2D eigenvalue weighted by atomic mass is 9.46. The Balaban J connectivity index is 1.55. The highest BCUT2D eigenvalue weighted by Crippen LogP contribution is 2.67. The van der Waals surface area contributed by atoms with Crippen molar-refractivity contribution in [3.05, 3.63) is 11.6 Å².